The van der Waals surface area contributed by atoms with Crippen LogP contribution in [0.4, 0.5) is 4.70 Å². The summed E-state index contributed by atoms with van der Waals surface area (Å²) in [5.41, 5.74) is 3.12. The fraction of sp³-hybridized carbons (Fsp3) is 0.273. The summed E-state index contributed by atoms with van der Waals surface area (Å²) in [6.45, 7) is 0. The van der Waals surface area contributed by atoms with Gasteiger partial charge in [-0.3, -0.25) is 4.70 Å². The van der Waals surface area contributed by atoms with E-state index < -0.39 is 0 Å². The van der Waals surface area contributed by atoms with Gasteiger partial charge in [0, 0.05) is 0 Å². The molecule has 0 aromatic carbocycles. The van der Waals surface area contributed by atoms with E-state index in [4.69, 9.17) is 0 Å². The van der Waals surface area contributed by atoms with Gasteiger partial charge in [0.15, 0.2) is 0 Å². The van der Waals surface area contributed by atoms with Crippen molar-refractivity contribution in [2.75, 3.05) is 0 Å². The molecule has 0 saturated carbocycles. The summed E-state index contributed by atoms with van der Waals surface area (Å²) in [7, 11) is 0. The number of rotatable bonds is 2. The predicted molar refractivity (Wildman–Crippen MR) is 49.9 cm³/mol. The first kappa shape index (κ1) is 10.7. The molecule has 0 radical (unpaired) electrons. The number of hydrogen-bond donors (Lipinski definition) is 0. The normalized spacial score (nSPS) is 18.8. The summed E-state index contributed by atoms with van der Waals surface area (Å²) < 4.78 is 0.648. The molecule has 0 aliphatic heterocycles. The topological polar surface area (TPSA) is 0 Å². The standard InChI is InChI=1S/C11H11.FH.Ti/c1-2-6-10(5-1)9-11-7-3-4-8-11;;/h1-5,7,9H,6,8H2;1H;. The van der Waals surface area contributed by atoms with Crippen molar-refractivity contribution < 1.29 is 25.1 Å². The molecule has 2 heteroatoms. The van der Waals surface area contributed by atoms with Crippen LogP contribution in [0.1, 0.15) is 12.8 Å². The van der Waals surface area contributed by atoms with Gasteiger partial charge in [0.25, 0.3) is 0 Å². The maximum atomic E-state index is 2.30. The molecule has 2 aliphatic rings. The monoisotopic (exact) mass is 211 g/mol. The molecule has 0 fully saturated rings. The summed E-state index contributed by atoms with van der Waals surface area (Å²) in [6, 6.07) is 0. The maximum absolute atomic E-state index is 2.30. The second-order valence-corrected chi connectivity index (χ2v) is 4.08. The van der Waals surface area contributed by atoms with Crippen LogP contribution in [0.2, 0.25) is 4.22 Å². The molecule has 0 atom stereocenters. The van der Waals surface area contributed by atoms with E-state index in [1.165, 1.54) is 0 Å². The van der Waals surface area contributed by atoms with Crippen LogP contribution in [-0.2, 0) is 20.4 Å². The van der Waals surface area contributed by atoms with E-state index in [2.05, 4.69) is 56.9 Å². The molecule has 0 bridgehead atoms. The van der Waals surface area contributed by atoms with Gasteiger partial charge in [-0.15, -0.1) is 0 Å². The molecule has 0 N–H and O–H groups in total. The van der Waals surface area contributed by atoms with E-state index >= 15 is 0 Å². The molecule has 0 saturated heterocycles. The Morgan fingerprint density at radius 3 is 1.77 bits per heavy atom. The van der Waals surface area contributed by atoms with Gasteiger partial charge in [-0.1, -0.05) is 0 Å². The van der Waals surface area contributed by atoms with Gasteiger partial charge in [-0.05, 0) is 0 Å². The number of hydrogen-bond acceptors (Lipinski definition) is 0. The zero-order valence-electron chi connectivity index (χ0n) is 7.36. The van der Waals surface area contributed by atoms with Gasteiger partial charge in [0.1, 0.15) is 0 Å². The third-order valence-corrected chi connectivity index (χ3v) is 3.50. The quantitative estimate of drug-likeness (QED) is 0.615. The van der Waals surface area contributed by atoms with Crippen molar-refractivity contribution in [2.24, 2.45) is 0 Å². The van der Waals surface area contributed by atoms with E-state index in [1.807, 2.05) is 0 Å². The van der Waals surface area contributed by atoms with E-state index in [1.54, 1.807) is 11.1 Å². The van der Waals surface area contributed by atoms with Gasteiger partial charge < -0.3 is 0 Å². The minimum atomic E-state index is 0. The van der Waals surface area contributed by atoms with Crippen LogP contribution in [0.15, 0.2) is 47.6 Å². The van der Waals surface area contributed by atoms with Crippen molar-refractivity contribution in [3.63, 3.8) is 0 Å². The molecule has 0 heterocycles. The van der Waals surface area contributed by atoms with Crippen molar-refractivity contribution in [1.82, 2.24) is 0 Å². The van der Waals surface area contributed by atoms with E-state index in [0.717, 1.165) is 12.8 Å². The second-order valence-electron chi connectivity index (χ2n) is 3.18. The van der Waals surface area contributed by atoms with Crippen molar-refractivity contribution >= 4 is 0 Å². The predicted octanol–water partition coefficient (Wildman–Crippen LogP) is 3.25. The molecule has 0 nitrogen and oxygen atoms in total. The fourth-order valence-corrected chi connectivity index (χ4v) is 2.26. The average Bonchev–Trinajstić information content (AvgIpc) is 2.77. The zero-order chi connectivity index (χ0) is 8.39. The molecule has 0 amide bonds. The van der Waals surface area contributed by atoms with E-state index in [9.17, 15) is 0 Å². The van der Waals surface area contributed by atoms with Crippen LogP contribution < -0.4 is 0 Å². The molecule has 2 aliphatic carbocycles. The molecular formula is C11H12FTi. The Morgan fingerprint density at radius 2 is 1.46 bits per heavy atom. The van der Waals surface area contributed by atoms with Gasteiger partial charge in [-0.2, -0.15) is 0 Å². The van der Waals surface area contributed by atoms with Crippen molar-refractivity contribution in [2.45, 2.75) is 17.1 Å². The van der Waals surface area contributed by atoms with Gasteiger partial charge in [0.05, 0.1) is 0 Å². The molecule has 0 spiro atoms. The van der Waals surface area contributed by atoms with Crippen molar-refractivity contribution in [3.05, 3.63) is 47.6 Å². The first-order valence-electron chi connectivity index (χ1n) is 4.30. The molecule has 67 valence electrons. The molecule has 0 aromatic rings. The molecule has 0 unspecified atom stereocenters. The SMILES string of the molecule is F.[Ti][CH](C1=CC=CC1)C1=CC=CC1. The number of allylic oxidation sites excluding steroid dienone is 8. The molecule has 13 heavy (non-hydrogen) atoms. The Balaban J connectivity index is 0.000000845. The second kappa shape index (κ2) is 4.73. The van der Waals surface area contributed by atoms with E-state index in [-0.39, 0.29) is 4.70 Å². The molecular weight excluding hydrogens is 199 g/mol. The number of halogens is 1. The van der Waals surface area contributed by atoms with E-state index in [0.29, 0.717) is 4.22 Å². The van der Waals surface area contributed by atoms with Gasteiger partial charge >= 0.3 is 85.1 Å². The third-order valence-electron chi connectivity index (χ3n) is 2.34. The Hall–Kier alpha value is -0.396. The summed E-state index contributed by atoms with van der Waals surface area (Å²) >= 11 is 2.30. The Bertz CT molecular complexity index is 267. The van der Waals surface area contributed by atoms with Crippen LogP contribution in [0.25, 0.3) is 0 Å². The van der Waals surface area contributed by atoms with Crippen LogP contribution in [0, 0.1) is 0 Å². The molecule has 0 aromatic heterocycles. The van der Waals surface area contributed by atoms with Gasteiger partial charge in [0.2, 0.25) is 0 Å². The summed E-state index contributed by atoms with van der Waals surface area (Å²) in [4.78, 5) is 0. The zero-order valence-corrected chi connectivity index (χ0v) is 8.93. The summed E-state index contributed by atoms with van der Waals surface area (Å²) in [5, 5.41) is 0. The Kier molecular flexibility index (Phi) is 3.89. The van der Waals surface area contributed by atoms with Crippen LogP contribution >= 0.6 is 0 Å². The Labute approximate surface area is 89.9 Å². The first-order chi connectivity index (χ1) is 5.88. The van der Waals surface area contributed by atoms with Gasteiger partial charge in [-0.25, -0.2) is 0 Å². The summed E-state index contributed by atoms with van der Waals surface area (Å²) in [5.74, 6) is 0. The third kappa shape index (κ3) is 2.29. The van der Waals surface area contributed by atoms with Crippen LogP contribution in [0.3, 0.4) is 0 Å². The minimum absolute atomic E-state index is 0. The average molecular weight is 211 g/mol. The molecule has 2 rings (SSSR count). The Morgan fingerprint density at radius 1 is 1.00 bits per heavy atom. The van der Waals surface area contributed by atoms with Crippen molar-refractivity contribution in [3.8, 4) is 0 Å². The van der Waals surface area contributed by atoms with Crippen LogP contribution in [0.5, 0.6) is 0 Å². The fourth-order valence-electron chi connectivity index (χ4n) is 1.59. The van der Waals surface area contributed by atoms with Crippen LogP contribution in [-0.4, -0.2) is 0 Å². The first-order valence-corrected chi connectivity index (χ1v) is 5.20. The van der Waals surface area contributed by atoms with Crippen molar-refractivity contribution in [1.29, 1.82) is 0 Å². The summed E-state index contributed by atoms with van der Waals surface area (Å²) in [6.07, 6.45) is 15.6.